The first-order valence-corrected chi connectivity index (χ1v) is 11.1. The fourth-order valence-electron chi connectivity index (χ4n) is 4.50. The number of carbonyl (C=O) groups is 1. The summed E-state index contributed by atoms with van der Waals surface area (Å²) in [5.74, 6) is 2.16. The number of para-hydroxylation sites is 1. The molecule has 0 unspecified atom stereocenters. The number of rotatable bonds is 5. The number of hydrogen-bond donors (Lipinski definition) is 2. The highest BCUT2D eigenvalue weighted by molar-refractivity contribution is 5.95. The lowest BCUT2D eigenvalue weighted by molar-refractivity contribution is 0.0926. The average molecular weight is 433 g/mol. The van der Waals surface area contributed by atoms with Gasteiger partial charge in [0.05, 0.1) is 5.52 Å². The zero-order valence-electron chi connectivity index (χ0n) is 18.4. The summed E-state index contributed by atoms with van der Waals surface area (Å²) in [4.78, 5) is 19.6. The second-order valence-electron chi connectivity index (χ2n) is 8.67. The number of hydrogen-bond acceptors (Lipinski definition) is 6. The maximum Gasteiger partial charge on any atom is 0.251 e. The van der Waals surface area contributed by atoms with Crippen LogP contribution in [0, 0.1) is 0 Å². The molecule has 7 heteroatoms. The number of pyridine rings is 1. The maximum atomic E-state index is 12.7. The summed E-state index contributed by atoms with van der Waals surface area (Å²) >= 11 is 0. The first-order valence-electron chi connectivity index (χ1n) is 11.1. The molecule has 0 spiro atoms. The van der Waals surface area contributed by atoms with Crippen molar-refractivity contribution in [2.75, 3.05) is 31.1 Å². The number of fused-ring (bicyclic) bond motifs is 2. The first kappa shape index (κ1) is 20.4. The van der Waals surface area contributed by atoms with Gasteiger partial charge < -0.3 is 25.0 Å². The molecular formula is C25H28N4O3. The molecule has 2 N–H and O–H groups in total. The van der Waals surface area contributed by atoms with Gasteiger partial charge >= 0.3 is 0 Å². The van der Waals surface area contributed by atoms with Gasteiger partial charge in [-0.1, -0.05) is 18.2 Å². The Balaban J connectivity index is 1.19. The van der Waals surface area contributed by atoms with E-state index in [1.54, 1.807) is 18.2 Å². The van der Waals surface area contributed by atoms with E-state index in [2.05, 4.69) is 47.8 Å². The monoisotopic (exact) mass is 432 g/mol. The summed E-state index contributed by atoms with van der Waals surface area (Å²) in [5, 5.41) is 7.95. The Bertz CT molecular complexity index is 1140. The molecule has 1 aliphatic heterocycles. The lowest BCUT2D eigenvalue weighted by atomic mass is 9.91. The first-order chi connectivity index (χ1) is 15.6. The van der Waals surface area contributed by atoms with Crippen molar-refractivity contribution < 1.29 is 14.3 Å². The third kappa shape index (κ3) is 4.15. The van der Waals surface area contributed by atoms with Crippen LogP contribution in [-0.2, 0) is 0 Å². The van der Waals surface area contributed by atoms with E-state index in [1.807, 2.05) is 12.1 Å². The Kier molecular flexibility index (Phi) is 5.47. The molecule has 2 heterocycles. The minimum atomic E-state index is -0.0634. The lowest BCUT2D eigenvalue weighted by Gasteiger charge is -2.30. The number of ether oxygens (including phenoxy) is 2. The Labute approximate surface area is 187 Å². The molecule has 7 nitrogen and oxygen atoms in total. The van der Waals surface area contributed by atoms with Crippen LogP contribution in [-0.4, -0.2) is 43.9 Å². The topological polar surface area (TPSA) is 75.7 Å². The summed E-state index contributed by atoms with van der Waals surface area (Å²) < 4.78 is 10.7. The average Bonchev–Trinajstić information content (AvgIpc) is 3.27. The Hall–Kier alpha value is -3.48. The molecule has 0 radical (unpaired) electrons. The zero-order valence-corrected chi connectivity index (χ0v) is 18.4. The van der Waals surface area contributed by atoms with Crippen LogP contribution in [0.25, 0.3) is 10.9 Å². The number of benzene rings is 2. The summed E-state index contributed by atoms with van der Waals surface area (Å²) in [6, 6.07) is 16.2. The van der Waals surface area contributed by atoms with Crippen LogP contribution in [0.3, 0.4) is 0 Å². The van der Waals surface area contributed by atoms with Crippen molar-refractivity contribution >= 4 is 28.3 Å². The van der Waals surface area contributed by atoms with Crippen molar-refractivity contribution in [2.24, 2.45) is 0 Å². The highest BCUT2D eigenvalue weighted by Crippen LogP contribution is 2.33. The molecule has 0 saturated heterocycles. The Morgan fingerprint density at radius 1 is 0.969 bits per heavy atom. The van der Waals surface area contributed by atoms with E-state index in [9.17, 15) is 4.79 Å². The van der Waals surface area contributed by atoms with Gasteiger partial charge in [0.25, 0.3) is 5.91 Å². The normalized spacial score (nSPS) is 19.6. The number of amides is 1. The number of nitrogens with one attached hydrogen (secondary N) is 2. The molecule has 1 aliphatic carbocycles. The van der Waals surface area contributed by atoms with E-state index in [0.717, 1.165) is 48.1 Å². The van der Waals surface area contributed by atoms with Gasteiger partial charge in [0, 0.05) is 48.9 Å². The van der Waals surface area contributed by atoms with Gasteiger partial charge in [-0.15, -0.1) is 0 Å². The summed E-state index contributed by atoms with van der Waals surface area (Å²) in [7, 11) is 4.11. The molecule has 166 valence electrons. The third-order valence-electron chi connectivity index (χ3n) is 6.23. The minimum absolute atomic E-state index is 0.0634. The largest absolute Gasteiger partial charge is 0.454 e. The van der Waals surface area contributed by atoms with Crippen LogP contribution in [0.2, 0.25) is 0 Å². The molecule has 0 bridgehead atoms. The van der Waals surface area contributed by atoms with E-state index in [-0.39, 0.29) is 18.7 Å². The highest BCUT2D eigenvalue weighted by atomic mass is 16.7. The summed E-state index contributed by atoms with van der Waals surface area (Å²) in [5.41, 5.74) is 2.75. The van der Waals surface area contributed by atoms with Crippen LogP contribution in [0.15, 0.2) is 48.5 Å². The minimum Gasteiger partial charge on any atom is -0.454 e. The summed E-state index contributed by atoms with van der Waals surface area (Å²) in [6.45, 7) is 0.208. The van der Waals surface area contributed by atoms with Gasteiger partial charge in [-0.05, 0) is 49.9 Å². The molecule has 1 fully saturated rings. The van der Waals surface area contributed by atoms with Crippen molar-refractivity contribution in [3.05, 3.63) is 54.1 Å². The van der Waals surface area contributed by atoms with E-state index in [4.69, 9.17) is 14.5 Å². The standard InChI is InChI=1S/C25H28N4O3/c1-29(2)21-14-24(28-20-6-4-3-5-19(20)21)26-17-8-10-18(11-9-17)27-25(30)16-7-12-22-23(13-16)32-15-31-22/h3-7,12-14,17-18H,8-11,15H2,1-2H3,(H,26,28)(H,27,30)/t17-,18+. The molecule has 1 aromatic heterocycles. The van der Waals surface area contributed by atoms with Gasteiger partial charge in [-0.25, -0.2) is 4.98 Å². The van der Waals surface area contributed by atoms with Crippen molar-refractivity contribution in [1.82, 2.24) is 10.3 Å². The van der Waals surface area contributed by atoms with Crippen molar-refractivity contribution in [3.8, 4) is 11.5 Å². The fraction of sp³-hybridized carbons (Fsp3) is 0.360. The van der Waals surface area contributed by atoms with Crippen molar-refractivity contribution in [2.45, 2.75) is 37.8 Å². The van der Waals surface area contributed by atoms with E-state index >= 15 is 0 Å². The third-order valence-corrected chi connectivity index (χ3v) is 6.23. The summed E-state index contributed by atoms with van der Waals surface area (Å²) in [6.07, 6.45) is 3.83. The van der Waals surface area contributed by atoms with Gasteiger partial charge in [0.2, 0.25) is 6.79 Å². The second kappa shape index (κ2) is 8.57. The Morgan fingerprint density at radius 2 is 1.72 bits per heavy atom. The van der Waals surface area contributed by atoms with E-state index in [0.29, 0.717) is 23.1 Å². The maximum absolute atomic E-state index is 12.7. The quantitative estimate of drug-likeness (QED) is 0.630. The zero-order chi connectivity index (χ0) is 22.1. The number of nitrogens with zero attached hydrogens (tertiary/aromatic N) is 2. The number of carbonyl (C=O) groups excluding carboxylic acids is 1. The van der Waals surface area contributed by atoms with Crippen LogP contribution < -0.4 is 25.0 Å². The number of aromatic nitrogens is 1. The van der Waals surface area contributed by atoms with E-state index in [1.165, 1.54) is 0 Å². The highest BCUT2D eigenvalue weighted by Gasteiger charge is 2.24. The molecule has 3 aromatic rings. The van der Waals surface area contributed by atoms with Crippen LogP contribution in [0.1, 0.15) is 36.0 Å². The molecule has 2 aliphatic rings. The predicted molar refractivity (Wildman–Crippen MR) is 126 cm³/mol. The van der Waals surface area contributed by atoms with Gasteiger partial charge in [-0.3, -0.25) is 4.79 Å². The molecule has 32 heavy (non-hydrogen) atoms. The van der Waals surface area contributed by atoms with Crippen LogP contribution in [0.4, 0.5) is 11.5 Å². The Morgan fingerprint density at radius 3 is 2.53 bits per heavy atom. The molecule has 2 aromatic carbocycles. The predicted octanol–water partition coefficient (Wildman–Crippen LogP) is 4.18. The molecular weight excluding hydrogens is 404 g/mol. The fourth-order valence-corrected chi connectivity index (χ4v) is 4.50. The van der Waals surface area contributed by atoms with E-state index < -0.39 is 0 Å². The lowest BCUT2D eigenvalue weighted by Crippen LogP contribution is -2.40. The van der Waals surface area contributed by atoms with Gasteiger partial charge in [-0.2, -0.15) is 0 Å². The van der Waals surface area contributed by atoms with Crippen molar-refractivity contribution in [3.63, 3.8) is 0 Å². The van der Waals surface area contributed by atoms with Crippen LogP contribution >= 0.6 is 0 Å². The van der Waals surface area contributed by atoms with Crippen LogP contribution in [0.5, 0.6) is 11.5 Å². The van der Waals surface area contributed by atoms with Crippen molar-refractivity contribution in [1.29, 1.82) is 0 Å². The van der Waals surface area contributed by atoms with Gasteiger partial charge in [0.15, 0.2) is 11.5 Å². The molecule has 1 amide bonds. The second-order valence-corrected chi connectivity index (χ2v) is 8.67. The molecule has 1 saturated carbocycles. The van der Waals surface area contributed by atoms with Gasteiger partial charge in [0.1, 0.15) is 5.82 Å². The SMILES string of the molecule is CN(C)c1cc(N[C@H]2CC[C@@H](NC(=O)c3ccc4c(c3)OCO4)CC2)nc2ccccc12. The number of anilines is 2. The molecule has 0 atom stereocenters. The molecule has 5 rings (SSSR count). The smallest absolute Gasteiger partial charge is 0.251 e.